The quantitative estimate of drug-likeness (QED) is 0.410. The van der Waals surface area contributed by atoms with Gasteiger partial charge < -0.3 is 20.6 Å². The van der Waals surface area contributed by atoms with Gasteiger partial charge in [-0.25, -0.2) is 9.97 Å². The highest BCUT2D eigenvalue weighted by molar-refractivity contribution is 5.96. The van der Waals surface area contributed by atoms with E-state index >= 15 is 0 Å². The molecule has 0 radical (unpaired) electrons. The van der Waals surface area contributed by atoms with Crippen LogP contribution in [-0.2, 0) is 6.54 Å². The monoisotopic (exact) mass is 493 g/mol. The minimum Gasteiger partial charge on any atom is -0.492 e. The van der Waals surface area contributed by atoms with E-state index in [2.05, 4.69) is 25.7 Å². The third kappa shape index (κ3) is 5.12. The number of carbonyl (C=O) groups excluding carboxylic acids is 2. The Hall–Kier alpha value is -4.47. The highest BCUT2D eigenvalue weighted by atomic mass is 16.3. The molecule has 3 N–H and O–H groups in total. The van der Waals surface area contributed by atoms with E-state index in [4.69, 9.17) is 5.26 Å². The van der Waals surface area contributed by atoms with Crippen LogP contribution in [-0.4, -0.2) is 65.6 Å². The first-order chi connectivity index (χ1) is 17.0. The molecule has 0 spiro atoms. The van der Waals surface area contributed by atoms with E-state index in [-0.39, 0.29) is 53.1 Å². The Morgan fingerprint density at radius 1 is 1.25 bits per heavy atom. The van der Waals surface area contributed by atoms with E-state index in [9.17, 15) is 19.5 Å². The van der Waals surface area contributed by atoms with Crippen LogP contribution in [0.1, 0.15) is 54.5 Å². The zero-order valence-corrected chi connectivity index (χ0v) is 20.4. The maximum absolute atomic E-state index is 13.3. The van der Waals surface area contributed by atoms with Crippen molar-refractivity contribution < 1.29 is 14.7 Å². The van der Waals surface area contributed by atoms with Gasteiger partial charge in [0.05, 0.1) is 18.5 Å². The molecule has 13 nitrogen and oxygen atoms in total. The van der Waals surface area contributed by atoms with Crippen molar-refractivity contribution in [1.82, 2.24) is 34.4 Å². The summed E-state index contributed by atoms with van der Waals surface area (Å²) in [5.74, 6) is -1.15. The molecule has 1 aliphatic carbocycles. The van der Waals surface area contributed by atoms with Gasteiger partial charge in [-0.3, -0.25) is 19.0 Å². The smallest absolute Gasteiger partial charge is 0.274 e. The molecule has 1 aliphatic rings. The topological polar surface area (TPSA) is 171 Å². The summed E-state index contributed by atoms with van der Waals surface area (Å²) in [7, 11) is 1.48. The van der Waals surface area contributed by atoms with Crippen molar-refractivity contribution in [1.29, 1.82) is 5.26 Å². The number of hydrogen-bond donors (Lipinski definition) is 3. The first-order valence-corrected chi connectivity index (χ1v) is 11.4. The number of amides is 2. The molecule has 3 heterocycles. The number of aromatic hydroxyl groups is 1. The second-order valence-electron chi connectivity index (χ2n) is 9.93. The van der Waals surface area contributed by atoms with Crippen molar-refractivity contribution in [2.24, 2.45) is 5.41 Å². The minimum atomic E-state index is -0.637. The van der Waals surface area contributed by atoms with Gasteiger partial charge >= 0.3 is 0 Å². The molecule has 0 unspecified atom stereocenters. The van der Waals surface area contributed by atoms with Crippen LogP contribution in [0, 0.1) is 16.7 Å². The van der Waals surface area contributed by atoms with Gasteiger partial charge in [-0.1, -0.05) is 20.8 Å². The Kier molecular flexibility index (Phi) is 6.36. The molecule has 1 fully saturated rings. The van der Waals surface area contributed by atoms with E-state index in [1.54, 1.807) is 6.07 Å². The summed E-state index contributed by atoms with van der Waals surface area (Å²) < 4.78 is 2.55. The predicted molar refractivity (Wildman–Crippen MR) is 129 cm³/mol. The van der Waals surface area contributed by atoms with Gasteiger partial charge in [0, 0.05) is 25.7 Å². The van der Waals surface area contributed by atoms with Gasteiger partial charge in [-0.15, -0.1) is 5.10 Å². The lowest BCUT2D eigenvalue weighted by Gasteiger charge is -2.21. The SMILES string of the molecule is CN(CC#N)C(=O)c1cnc(Nc2cc3n(CC(C)(C)C)c(=O)c(C(=O)NC4CC4)c(O)n3n2)cn1. The van der Waals surface area contributed by atoms with Crippen LogP contribution in [0.25, 0.3) is 5.65 Å². The van der Waals surface area contributed by atoms with Crippen molar-refractivity contribution in [2.75, 3.05) is 18.9 Å². The van der Waals surface area contributed by atoms with Gasteiger partial charge in [0.15, 0.2) is 11.4 Å². The second kappa shape index (κ2) is 9.29. The lowest BCUT2D eigenvalue weighted by Crippen LogP contribution is -2.37. The third-order valence-electron chi connectivity index (χ3n) is 5.40. The van der Waals surface area contributed by atoms with Crippen molar-refractivity contribution in [2.45, 2.75) is 46.2 Å². The number of nitrogens with zero attached hydrogens (tertiary/aromatic N) is 7. The molecule has 2 amide bonds. The first kappa shape index (κ1) is 24.6. The molecular formula is C23H27N9O4. The largest absolute Gasteiger partial charge is 0.492 e. The lowest BCUT2D eigenvalue weighted by atomic mass is 9.97. The lowest BCUT2D eigenvalue weighted by molar-refractivity contribution is 0.0805. The number of anilines is 2. The van der Waals surface area contributed by atoms with E-state index in [1.165, 1.54) is 28.9 Å². The molecule has 0 bridgehead atoms. The van der Waals surface area contributed by atoms with Crippen LogP contribution in [0.3, 0.4) is 0 Å². The molecule has 0 aliphatic heterocycles. The minimum absolute atomic E-state index is 0.00558. The highest BCUT2D eigenvalue weighted by Gasteiger charge is 2.30. The van der Waals surface area contributed by atoms with Gasteiger partial charge in [0.2, 0.25) is 5.88 Å². The summed E-state index contributed by atoms with van der Waals surface area (Å²) in [5, 5.41) is 29.6. The summed E-state index contributed by atoms with van der Waals surface area (Å²) in [6.07, 6.45) is 4.26. The molecule has 0 atom stereocenters. The molecule has 188 valence electrons. The fraction of sp³-hybridized carbons (Fsp3) is 0.435. The van der Waals surface area contributed by atoms with Gasteiger partial charge in [-0.05, 0) is 18.3 Å². The van der Waals surface area contributed by atoms with Crippen LogP contribution in [0.5, 0.6) is 5.88 Å². The molecule has 0 saturated heterocycles. The molecule has 1 saturated carbocycles. The number of rotatable bonds is 7. The van der Waals surface area contributed by atoms with E-state index < -0.39 is 23.3 Å². The summed E-state index contributed by atoms with van der Waals surface area (Å²) >= 11 is 0. The average molecular weight is 494 g/mol. The summed E-state index contributed by atoms with van der Waals surface area (Å²) in [4.78, 5) is 47.8. The fourth-order valence-corrected chi connectivity index (χ4v) is 3.54. The van der Waals surface area contributed by atoms with E-state index in [0.717, 1.165) is 17.4 Å². The molecule has 4 rings (SSSR count). The van der Waals surface area contributed by atoms with Crippen LogP contribution in [0.4, 0.5) is 11.6 Å². The molecule has 0 aromatic carbocycles. The molecule has 3 aromatic heterocycles. The first-order valence-electron chi connectivity index (χ1n) is 11.4. The van der Waals surface area contributed by atoms with Gasteiger partial charge in [-0.2, -0.15) is 9.78 Å². The zero-order valence-electron chi connectivity index (χ0n) is 20.4. The molecule has 36 heavy (non-hydrogen) atoms. The van der Waals surface area contributed by atoms with Gasteiger partial charge in [0.25, 0.3) is 17.4 Å². The second-order valence-corrected chi connectivity index (χ2v) is 9.93. The molecule has 3 aromatic rings. The van der Waals surface area contributed by atoms with Crippen LogP contribution in [0.2, 0.25) is 0 Å². The number of fused-ring (bicyclic) bond motifs is 1. The number of nitriles is 1. The Bertz CT molecular complexity index is 1420. The highest BCUT2D eigenvalue weighted by Crippen LogP contribution is 2.25. The van der Waals surface area contributed by atoms with Crippen LogP contribution >= 0.6 is 0 Å². The Labute approximate surface area is 206 Å². The van der Waals surface area contributed by atoms with Crippen molar-refractivity contribution in [3.8, 4) is 11.9 Å². The van der Waals surface area contributed by atoms with Crippen molar-refractivity contribution >= 4 is 29.1 Å². The maximum Gasteiger partial charge on any atom is 0.274 e. The Morgan fingerprint density at radius 3 is 2.56 bits per heavy atom. The maximum atomic E-state index is 13.3. The van der Waals surface area contributed by atoms with Crippen molar-refractivity contribution in [3.63, 3.8) is 0 Å². The van der Waals surface area contributed by atoms with Crippen molar-refractivity contribution in [3.05, 3.63) is 40.1 Å². The summed E-state index contributed by atoms with van der Waals surface area (Å²) in [6.45, 7) is 6.05. The average Bonchev–Trinajstić information content (AvgIpc) is 3.52. The Morgan fingerprint density at radius 2 is 1.97 bits per heavy atom. The van der Waals surface area contributed by atoms with Crippen LogP contribution in [0.15, 0.2) is 23.3 Å². The third-order valence-corrected chi connectivity index (χ3v) is 5.40. The van der Waals surface area contributed by atoms with E-state index in [1.807, 2.05) is 26.8 Å². The number of carbonyl (C=O) groups is 2. The fourth-order valence-electron chi connectivity index (χ4n) is 3.54. The summed E-state index contributed by atoms with van der Waals surface area (Å²) in [6, 6.07) is 3.45. The number of nitrogens with one attached hydrogen (secondary N) is 2. The standard InChI is InChI=1S/C23H27N9O4/c1-23(2,3)12-31-17-9-15(28-16-11-25-14(10-26-16)20(34)30(4)8-7-24)29-32(17)22(36)18(21(31)35)19(33)27-13-5-6-13/h9-11,13,36H,5-6,8,12H2,1-4H3,(H,27,33)(H,26,28,29). The normalized spacial score (nSPS) is 13.3. The molecular weight excluding hydrogens is 466 g/mol. The molecule has 13 heteroatoms. The predicted octanol–water partition coefficient (Wildman–Crippen LogP) is 1.27. The zero-order chi connectivity index (χ0) is 26.2. The van der Waals surface area contributed by atoms with Crippen LogP contribution < -0.4 is 16.2 Å². The number of hydrogen-bond acceptors (Lipinski definition) is 9. The Balaban J connectivity index is 1.69. The van der Waals surface area contributed by atoms with E-state index in [0.29, 0.717) is 0 Å². The summed E-state index contributed by atoms with van der Waals surface area (Å²) in [5.41, 5.74) is -0.927. The van der Waals surface area contributed by atoms with Gasteiger partial charge in [0.1, 0.15) is 23.7 Å². The number of aromatic nitrogens is 5.